The van der Waals surface area contributed by atoms with Crippen molar-refractivity contribution in [2.75, 3.05) is 13.2 Å². The number of halogens is 2. The van der Waals surface area contributed by atoms with Gasteiger partial charge in [-0.05, 0) is 68.9 Å². The minimum Gasteiger partial charge on any atom is -0.490 e. The molecule has 29 heavy (non-hydrogen) atoms. The lowest BCUT2D eigenvalue weighted by Gasteiger charge is -2.14. The summed E-state index contributed by atoms with van der Waals surface area (Å²) in [4.78, 5) is 11.3. The van der Waals surface area contributed by atoms with Crippen molar-refractivity contribution in [1.29, 1.82) is 0 Å². The zero-order valence-corrected chi connectivity index (χ0v) is 16.6. The van der Waals surface area contributed by atoms with E-state index in [0.717, 1.165) is 25.7 Å². The number of hydrogen-bond acceptors (Lipinski definition) is 4. The topological polar surface area (TPSA) is 44.8 Å². The second-order valence-corrected chi connectivity index (χ2v) is 7.05. The first-order valence-electron chi connectivity index (χ1n) is 10.1. The van der Waals surface area contributed by atoms with E-state index < -0.39 is 11.6 Å². The second kappa shape index (κ2) is 10.2. The van der Waals surface area contributed by atoms with Gasteiger partial charge in [0.25, 0.3) is 0 Å². The average molecular weight is 404 g/mol. The van der Waals surface area contributed by atoms with Crippen LogP contribution < -0.4 is 9.47 Å². The van der Waals surface area contributed by atoms with Crippen molar-refractivity contribution in [2.24, 2.45) is 0 Å². The minimum absolute atomic E-state index is 0.0965. The van der Waals surface area contributed by atoms with Gasteiger partial charge in [0.15, 0.2) is 11.6 Å². The maximum atomic E-state index is 14.7. The van der Waals surface area contributed by atoms with Crippen LogP contribution in [0, 0.1) is 11.6 Å². The van der Waals surface area contributed by atoms with Crippen LogP contribution in [0.25, 0.3) is 11.1 Å². The standard InChI is InChI=1S/C23H26F2O4/c1-2-27-21(26)11-6-14-28-20-13-12-19(22(24)23(20)25)16-7-5-10-18(15-16)29-17-8-3-4-9-17/h5,7,10,12-13,15,17H,2-4,6,8-9,11,14H2,1H3. The number of esters is 1. The summed E-state index contributed by atoms with van der Waals surface area (Å²) in [5.41, 5.74) is 0.698. The summed E-state index contributed by atoms with van der Waals surface area (Å²) in [6.45, 7) is 2.14. The van der Waals surface area contributed by atoms with Crippen LogP contribution in [0.5, 0.6) is 11.5 Å². The van der Waals surface area contributed by atoms with Gasteiger partial charge in [-0.1, -0.05) is 12.1 Å². The molecule has 4 nitrogen and oxygen atoms in total. The summed E-state index contributed by atoms with van der Waals surface area (Å²) in [5, 5.41) is 0. The quantitative estimate of drug-likeness (QED) is 0.399. The Morgan fingerprint density at radius 1 is 1.10 bits per heavy atom. The molecule has 0 bridgehead atoms. The highest BCUT2D eigenvalue weighted by molar-refractivity contribution is 5.69. The van der Waals surface area contributed by atoms with Gasteiger partial charge in [0, 0.05) is 12.0 Å². The zero-order valence-electron chi connectivity index (χ0n) is 16.6. The summed E-state index contributed by atoms with van der Waals surface area (Å²) in [7, 11) is 0. The fourth-order valence-corrected chi connectivity index (χ4v) is 3.43. The molecule has 0 N–H and O–H groups in total. The highest BCUT2D eigenvalue weighted by Crippen LogP contribution is 2.32. The molecule has 0 spiro atoms. The van der Waals surface area contributed by atoms with Crippen LogP contribution >= 0.6 is 0 Å². The molecule has 0 heterocycles. The van der Waals surface area contributed by atoms with Crippen molar-refractivity contribution in [2.45, 2.75) is 51.6 Å². The van der Waals surface area contributed by atoms with E-state index in [9.17, 15) is 13.6 Å². The summed E-state index contributed by atoms with van der Waals surface area (Å²) >= 11 is 0. The van der Waals surface area contributed by atoms with E-state index in [0.29, 0.717) is 24.3 Å². The zero-order chi connectivity index (χ0) is 20.6. The Morgan fingerprint density at radius 2 is 1.90 bits per heavy atom. The molecule has 0 unspecified atom stereocenters. The van der Waals surface area contributed by atoms with Crippen molar-refractivity contribution in [1.82, 2.24) is 0 Å². The Balaban J connectivity index is 1.65. The van der Waals surface area contributed by atoms with Gasteiger partial charge in [0.2, 0.25) is 5.82 Å². The molecule has 0 aliphatic heterocycles. The van der Waals surface area contributed by atoms with E-state index in [1.54, 1.807) is 25.1 Å². The molecule has 6 heteroatoms. The summed E-state index contributed by atoms with van der Waals surface area (Å²) in [6.07, 6.45) is 5.09. The first-order valence-corrected chi connectivity index (χ1v) is 10.1. The van der Waals surface area contributed by atoms with Gasteiger partial charge in [0.05, 0.1) is 19.3 Å². The SMILES string of the molecule is CCOC(=O)CCCOc1ccc(-c2cccc(OC3CCCC3)c2)c(F)c1F. The van der Waals surface area contributed by atoms with Crippen LogP contribution in [0.3, 0.4) is 0 Å². The van der Waals surface area contributed by atoms with Gasteiger partial charge in [-0.3, -0.25) is 4.79 Å². The Labute approximate surface area is 169 Å². The number of hydrogen-bond donors (Lipinski definition) is 0. The van der Waals surface area contributed by atoms with Gasteiger partial charge in [-0.25, -0.2) is 4.39 Å². The highest BCUT2D eigenvalue weighted by atomic mass is 19.2. The molecule has 1 saturated carbocycles. The van der Waals surface area contributed by atoms with Gasteiger partial charge < -0.3 is 14.2 Å². The number of carbonyl (C=O) groups is 1. The van der Waals surface area contributed by atoms with Crippen LogP contribution in [0.1, 0.15) is 45.4 Å². The molecular formula is C23H26F2O4. The molecule has 1 aliphatic carbocycles. The molecule has 0 aromatic heterocycles. The number of rotatable bonds is 9. The molecule has 0 saturated heterocycles. The molecule has 2 aromatic carbocycles. The van der Waals surface area contributed by atoms with E-state index in [1.165, 1.54) is 12.1 Å². The molecule has 1 aliphatic rings. The van der Waals surface area contributed by atoms with Crippen LogP contribution in [0.4, 0.5) is 8.78 Å². The van der Waals surface area contributed by atoms with Gasteiger partial charge in [0.1, 0.15) is 5.75 Å². The fourth-order valence-electron chi connectivity index (χ4n) is 3.43. The van der Waals surface area contributed by atoms with E-state index in [1.807, 2.05) is 6.07 Å². The van der Waals surface area contributed by atoms with Crippen molar-refractivity contribution < 1.29 is 27.8 Å². The Bertz CT molecular complexity index is 832. The predicted molar refractivity (Wildman–Crippen MR) is 106 cm³/mol. The summed E-state index contributed by atoms with van der Waals surface area (Å²) in [5.74, 6) is -1.86. The molecule has 2 aromatic rings. The molecule has 0 amide bonds. The number of carbonyl (C=O) groups excluding carboxylic acids is 1. The lowest BCUT2D eigenvalue weighted by atomic mass is 10.0. The number of ether oxygens (including phenoxy) is 3. The maximum Gasteiger partial charge on any atom is 0.305 e. The largest absolute Gasteiger partial charge is 0.490 e. The lowest BCUT2D eigenvalue weighted by Crippen LogP contribution is -2.10. The Morgan fingerprint density at radius 3 is 2.66 bits per heavy atom. The minimum atomic E-state index is -1.04. The van der Waals surface area contributed by atoms with Gasteiger partial charge in [-0.15, -0.1) is 0 Å². The Hall–Kier alpha value is -2.63. The van der Waals surface area contributed by atoms with E-state index in [4.69, 9.17) is 14.2 Å². The first-order chi connectivity index (χ1) is 14.1. The van der Waals surface area contributed by atoms with Crippen molar-refractivity contribution in [3.8, 4) is 22.6 Å². The van der Waals surface area contributed by atoms with Gasteiger partial charge in [-0.2, -0.15) is 4.39 Å². The van der Waals surface area contributed by atoms with Crippen LogP contribution in [-0.2, 0) is 9.53 Å². The third kappa shape index (κ3) is 5.68. The smallest absolute Gasteiger partial charge is 0.305 e. The molecule has 156 valence electrons. The normalized spacial score (nSPS) is 14.0. The maximum absolute atomic E-state index is 14.7. The molecule has 0 radical (unpaired) electrons. The second-order valence-electron chi connectivity index (χ2n) is 7.05. The third-order valence-corrected chi connectivity index (χ3v) is 4.88. The first kappa shape index (κ1) is 21.1. The van der Waals surface area contributed by atoms with Crippen molar-refractivity contribution in [3.63, 3.8) is 0 Å². The molecule has 3 rings (SSSR count). The Kier molecular flexibility index (Phi) is 7.44. The molecule has 1 fully saturated rings. The van der Waals surface area contributed by atoms with E-state index >= 15 is 0 Å². The van der Waals surface area contributed by atoms with Crippen LogP contribution in [-0.4, -0.2) is 25.3 Å². The third-order valence-electron chi connectivity index (χ3n) is 4.88. The highest BCUT2D eigenvalue weighted by Gasteiger charge is 2.19. The number of benzene rings is 2. The summed E-state index contributed by atoms with van der Waals surface area (Å²) in [6, 6.07) is 9.96. The van der Waals surface area contributed by atoms with Crippen LogP contribution in [0.15, 0.2) is 36.4 Å². The lowest BCUT2D eigenvalue weighted by molar-refractivity contribution is -0.143. The van der Waals surface area contributed by atoms with Gasteiger partial charge >= 0.3 is 5.97 Å². The predicted octanol–water partition coefficient (Wildman–Crippen LogP) is 5.68. The molecule has 0 atom stereocenters. The average Bonchev–Trinajstić information content (AvgIpc) is 3.22. The van der Waals surface area contributed by atoms with Crippen molar-refractivity contribution >= 4 is 5.97 Å². The van der Waals surface area contributed by atoms with Crippen molar-refractivity contribution in [3.05, 3.63) is 48.0 Å². The summed E-state index contributed by atoms with van der Waals surface area (Å²) < 4.78 is 45.2. The monoisotopic (exact) mass is 404 g/mol. The molecular weight excluding hydrogens is 378 g/mol. The van der Waals surface area contributed by atoms with Crippen LogP contribution in [0.2, 0.25) is 0 Å². The van der Waals surface area contributed by atoms with E-state index in [2.05, 4.69) is 0 Å². The van der Waals surface area contributed by atoms with E-state index in [-0.39, 0.29) is 36.4 Å². The fraction of sp³-hybridized carbons (Fsp3) is 0.435.